The fraction of sp³-hybridized carbons (Fsp3) is 0.500. The molecule has 6 nitrogen and oxygen atoms in total. The monoisotopic (exact) mass is 386 g/mol. The Bertz CT molecular complexity index is 557. The molecule has 0 fully saturated rings. The van der Waals surface area contributed by atoms with Gasteiger partial charge in [0.1, 0.15) is 11.6 Å². The van der Waals surface area contributed by atoms with Crippen molar-refractivity contribution in [2.45, 2.75) is 45.4 Å². The number of rotatable bonds is 5. The molecule has 0 radical (unpaired) electrons. The van der Waals surface area contributed by atoms with Crippen molar-refractivity contribution in [1.29, 1.82) is 0 Å². The number of ether oxygens (including phenoxy) is 1. The Morgan fingerprint density at radius 2 is 1.87 bits per heavy atom. The largest absolute Gasteiger partial charge is 0.444 e. The molecule has 1 aromatic carbocycles. The third kappa shape index (κ3) is 6.58. The van der Waals surface area contributed by atoms with E-state index in [0.29, 0.717) is 10.0 Å². The third-order valence-electron chi connectivity index (χ3n) is 2.80. The summed E-state index contributed by atoms with van der Waals surface area (Å²) in [5.41, 5.74) is -0.0711. The van der Waals surface area contributed by atoms with E-state index in [2.05, 4.69) is 26.6 Å². The van der Waals surface area contributed by atoms with Crippen LogP contribution in [0.3, 0.4) is 0 Å². The molecule has 1 aromatic rings. The Kier molecular flexibility index (Phi) is 7.02. The van der Waals surface area contributed by atoms with Gasteiger partial charge in [-0.1, -0.05) is 34.1 Å². The number of amides is 2. The molecule has 7 heteroatoms. The first kappa shape index (κ1) is 19.4. The van der Waals surface area contributed by atoms with Crippen LogP contribution in [0.2, 0.25) is 0 Å². The Hall–Kier alpha value is -1.60. The zero-order valence-corrected chi connectivity index (χ0v) is 15.3. The van der Waals surface area contributed by atoms with Gasteiger partial charge < -0.3 is 20.5 Å². The van der Waals surface area contributed by atoms with Crippen LogP contribution in [0.5, 0.6) is 0 Å². The van der Waals surface area contributed by atoms with Gasteiger partial charge >= 0.3 is 6.09 Å². The second kappa shape index (κ2) is 8.31. The lowest BCUT2D eigenvalue weighted by atomic mass is 10.1. The van der Waals surface area contributed by atoms with Gasteiger partial charge in [0, 0.05) is 10.5 Å². The average molecular weight is 387 g/mol. The van der Waals surface area contributed by atoms with E-state index in [1.807, 2.05) is 6.07 Å². The van der Waals surface area contributed by atoms with Crippen molar-refractivity contribution in [3.63, 3.8) is 0 Å². The van der Waals surface area contributed by atoms with Crippen LogP contribution in [-0.4, -0.2) is 35.4 Å². The first-order valence-electron chi connectivity index (χ1n) is 7.29. The van der Waals surface area contributed by atoms with Crippen molar-refractivity contribution in [2.24, 2.45) is 0 Å². The molecule has 2 atom stereocenters. The predicted molar refractivity (Wildman–Crippen MR) is 90.9 cm³/mol. The Morgan fingerprint density at radius 3 is 2.39 bits per heavy atom. The van der Waals surface area contributed by atoms with Crippen LogP contribution in [0.1, 0.15) is 39.3 Å². The third-order valence-corrected chi connectivity index (χ3v) is 3.52. The van der Waals surface area contributed by atoms with Crippen LogP contribution in [-0.2, 0) is 9.53 Å². The molecule has 0 saturated carbocycles. The summed E-state index contributed by atoms with van der Waals surface area (Å²) in [7, 11) is 0. The zero-order valence-electron chi connectivity index (χ0n) is 13.7. The van der Waals surface area contributed by atoms with Crippen molar-refractivity contribution in [1.82, 2.24) is 10.6 Å². The second-order valence-corrected chi connectivity index (χ2v) is 7.05. The molecular weight excluding hydrogens is 364 g/mol. The van der Waals surface area contributed by atoms with Crippen LogP contribution in [0.4, 0.5) is 4.79 Å². The fourth-order valence-corrected chi connectivity index (χ4v) is 2.30. The molecule has 1 rings (SSSR count). The van der Waals surface area contributed by atoms with Crippen LogP contribution >= 0.6 is 15.9 Å². The predicted octanol–water partition coefficient (Wildman–Crippen LogP) is 2.51. The lowest BCUT2D eigenvalue weighted by Gasteiger charge is -2.25. The van der Waals surface area contributed by atoms with Gasteiger partial charge in [0.05, 0.1) is 6.61 Å². The van der Waals surface area contributed by atoms with Gasteiger partial charge in [0.2, 0.25) is 5.91 Å². The number of nitrogens with one attached hydrogen (secondary N) is 2. The number of aliphatic hydroxyl groups is 1. The average Bonchev–Trinajstić information content (AvgIpc) is 2.43. The highest BCUT2D eigenvalue weighted by atomic mass is 79.9. The standard InChI is InChI=1S/C16H23BrN2O4/c1-10(9-20)18-14(21)13(11-7-5-6-8-12(11)17)19-15(22)23-16(2,3)4/h5-8,10,13,20H,9H2,1-4H3,(H,18,21)(H,19,22). The Balaban J connectivity index is 3.00. The Labute approximate surface area is 144 Å². The topological polar surface area (TPSA) is 87.7 Å². The van der Waals surface area contributed by atoms with Crippen molar-refractivity contribution < 1.29 is 19.4 Å². The molecule has 23 heavy (non-hydrogen) atoms. The molecule has 0 aliphatic heterocycles. The highest BCUT2D eigenvalue weighted by molar-refractivity contribution is 9.10. The quantitative estimate of drug-likeness (QED) is 0.725. The van der Waals surface area contributed by atoms with E-state index in [1.165, 1.54) is 0 Å². The summed E-state index contributed by atoms with van der Waals surface area (Å²) < 4.78 is 5.90. The van der Waals surface area contributed by atoms with Gasteiger partial charge in [-0.2, -0.15) is 0 Å². The van der Waals surface area contributed by atoms with E-state index in [4.69, 9.17) is 9.84 Å². The minimum atomic E-state index is -0.936. The number of benzene rings is 1. The molecule has 0 aliphatic rings. The maximum absolute atomic E-state index is 12.5. The smallest absolute Gasteiger partial charge is 0.408 e. The number of halogens is 1. The maximum atomic E-state index is 12.5. The number of alkyl carbamates (subject to hydrolysis) is 1. The molecule has 0 bridgehead atoms. The van der Waals surface area contributed by atoms with Gasteiger partial charge in [-0.3, -0.25) is 4.79 Å². The highest BCUT2D eigenvalue weighted by Gasteiger charge is 2.27. The summed E-state index contributed by atoms with van der Waals surface area (Å²) in [6.07, 6.45) is -0.690. The van der Waals surface area contributed by atoms with E-state index in [0.717, 1.165) is 0 Å². The molecule has 0 aromatic heterocycles. The van der Waals surface area contributed by atoms with Gasteiger partial charge in [-0.05, 0) is 39.3 Å². The van der Waals surface area contributed by atoms with Crippen molar-refractivity contribution in [3.8, 4) is 0 Å². The van der Waals surface area contributed by atoms with E-state index in [9.17, 15) is 9.59 Å². The van der Waals surface area contributed by atoms with Gasteiger partial charge in [0.25, 0.3) is 0 Å². The van der Waals surface area contributed by atoms with Gasteiger partial charge in [-0.15, -0.1) is 0 Å². The molecule has 0 spiro atoms. The van der Waals surface area contributed by atoms with Crippen LogP contribution in [0, 0.1) is 0 Å². The lowest BCUT2D eigenvalue weighted by molar-refractivity contribution is -0.124. The maximum Gasteiger partial charge on any atom is 0.408 e. The first-order chi connectivity index (χ1) is 10.6. The first-order valence-corrected chi connectivity index (χ1v) is 8.08. The lowest BCUT2D eigenvalue weighted by Crippen LogP contribution is -2.45. The summed E-state index contributed by atoms with van der Waals surface area (Å²) in [5.74, 6) is -0.427. The molecule has 0 aliphatic carbocycles. The number of carbonyl (C=O) groups is 2. The molecule has 128 valence electrons. The summed E-state index contributed by atoms with van der Waals surface area (Å²) in [6.45, 7) is 6.71. The number of aliphatic hydroxyl groups excluding tert-OH is 1. The normalized spacial score (nSPS) is 13.8. The number of hydrogen-bond donors (Lipinski definition) is 3. The minimum Gasteiger partial charge on any atom is -0.444 e. The molecule has 0 heterocycles. The van der Waals surface area contributed by atoms with E-state index >= 15 is 0 Å². The van der Waals surface area contributed by atoms with Gasteiger partial charge in [-0.25, -0.2) is 4.79 Å². The van der Waals surface area contributed by atoms with Crippen LogP contribution in [0.15, 0.2) is 28.7 Å². The zero-order chi connectivity index (χ0) is 17.6. The minimum absolute atomic E-state index is 0.194. The Morgan fingerprint density at radius 1 is 1.26 bits per heavy atom. The fourth-order valence-electron chi connectivity index (χ4n) is 1.79. The SMILES string of the molecule is CC(CO)NC(=O)C(NC(=O)OC(C)(C)C)c1ccccc1Br. The van der Waals surface area contributed by atoms with Gasteiger partial charge in [0.15, 0.2) is 0 Å². The highest BCUT2D eigenvalue weighted by Crippen LogP contribution is 2.24. The van der Waals surface area contributed by atoms with Crippen molar-refractivity contribution in [3.05, 3.63) is 34.3 Å². The van der Waals surface area contributed by atoms with E-state index in [-0.39, 0.29) is 6.61 Å². The summed E-state index contributed by atoms with van der Waals surface area (Å²) >= 11 is 3.38. The molecule has 2 amide bonds. The molecular formula is C16H23BrN2O4. The van der Waals surface area contributed by atoms with E-state index < -0.39 is 29.7 Å². The number of hydrogen-bond acceptors (Lipinski definition) is 4. The van der Waals surface area contributed by atoms with Crippen LogP contribution in [0.25, 0.3) is 0 Å². The van der Waals surface area contributed by atoms with Crippen LogP contribution < -0.4 is 10.6 Å². The van der Waals surface area contributed by atoms with Crippen molar-refractivity contribution >= 4 is 27.9 Å². The molecule has 2 unspecified atom stereocenters. The van der Waals surface area contributed by atoms with Crippen molar-refractivity contribution in [2.75, 3.05) is 6.61 Å². The summed E-state index contributed by atoms with van der Waals surface area (Å²) in [6, 6.07) is 5.73. The molecule has 0 saturated heterocycles. The molecule has 3 N–H and O–H groups in total. The summed E-state index contributed by atoms with van der Waals surface area (Å²) in [4.78, 5) is 24.5. The van der Waals surface area contributed by atoms with E-state index in [1.54, 1.807) is 45.9 Å². The summed E-state index contributed by atoms with van der Waals surface area (Å²) in [5, 5.41) is 14.3. The number of carbonyl (C=O) groups excluding carboxylic acids is 2. The second-order valence-electron chi connectivity index (χ2n) is 6.19.